The fourth-order valence-electron chi connectivity index (χ4n) is 3.64. The van der Waals surface area contributed by atoms with Gasteiger partial charge in [0.05, 0.1) is 34.9 Å². The number of nitrogens with one attached hydrogen (secondary N) is 2. The van der Waals surface area contributed by atoms with Crippen LogP contribution in [0, 0.1) is 0 Å². The van der Waals surface area contributed by atoms with Gasteiger partial charge in [-0.25, -0.2) is 4.68 Å². The number of carbonyl (C=O) groups is 1. The molecule has 0 fully saturated rings. The Hall–Kier alpha value is -4.45. The van der Waals surface area contributed by atoms with E-state index >= 15 is 0 Å². The quantitative estimate of drug-likeness (QED) is 0.385. The molecule has 0 spiro atoms. The summed E-state index contributed by atoms with van der Waals surface area (Å²) in [4.78, 5) is 28.7. The number of amides is 1. The molecule has 13 heteroatoms. The largest absolute Gasteiger partial charge is 0.434 e. The van der Waals surface area contributed by atoms with E-state index in [1.165, 1.54) is 65.9 Å². The number of aromatic nitrogens is 6. The molecule has 0 bridgehead atoms. The van der Waals surface area contributed by atoms with E-state index in [0.717, 1.165) is 6.20 Å². The molecule has 0 unspecified atom stereocenters. The van der Waals surface area contributed by atoms with Gasteiger partial charge >= 0.3 is 6.18 Å². The predicted molar refractivity (Wildman–Crippen MR) is 121 cm³/mol. The van der Waals surface area contributed by atoms with Crippen LogP contribution in [0.3, 0.4) is 0 Å². The number of carbonyl (C=O) groups excluding carboxylic acids is 1. The van der Waals surface area contributed by atoms with Gasteiger partial charge in [0.1, 0.15) is 5.69 Å². The van der Waals surface area contributed by atoms with Gasteiger partial charge in [0.2, 0.25) is 0 Å². The summed E-state index contributed by atoms with van der Waals surface area (Å²) in [6.07, 6.45) is 0.126. The number of fused-ring (bicyclic) bond motifs is 1. The van der Waals surface area contributed by atoms with Crippen molar-refractivity contribution in [3.05, 3.63) is 93.9 Å². The first-order valence-electron chi connectivity index (χ1n) is 9.97. The maximum Gasteiger partial charge on any atom is 0.434 e. The van der Waals surface area contributed by atoms with Gasteiger partial charge in [0, 0.05) is 22.7 Å². The van der Waals surface area contributed by atoms with Crippen LogP contribution in [-0.4, -0.2) is 35.7 Å². The monoisotopic (exact) mass is 499 g/mol. The van der Waals surface area contributed by atoms with Gasteiger partial charge in [-0.2, -0.15) is 33.3 Å². The summed E-state index contributed by atoms with van der Waals surface area (Å²) in [6.45, 7) is 0. The van der Waals surface area contributed by atoms with E-state index in [2.05, 4.69) is 25.6 Å². The zero-order chi connectivity index (χ0) is 24.7. The highest BCUT2D eigenvalue weighted by atomic mass is 35.5. The molecule has 0 radical (unpaired) electrons. The number of hydrogen-bond donors (Lipinski definition) is 2. The van der Waals surface area contributed by atoms with Gasteiger partial charge in [0.15, 0.2) is 5.69 Å². The summed E-state index contributed by atoms with van der Waals surface area (Å²) in [5.41, 5.74) is -1.87. The van der Waals surface area contributed by atoms with Gasteiger partial charge < -0.3 is 10.3 Å². The topological polar surface area (TPSA) is 110 Å². The molecule has 176 valence electrons. The van der Waals surface area contributed by atoms with E-state index in [0.29, 0.717) is 10.4 Å². The second-order valence-corrected chi connectivity index (χ2v) is 7.71. The average Bonchev–Trinajstić information content (AvgIpc) is 3.49. The molecule has 0 atom stereocenters. The molecule has 2 N–H and O–H groups in total. The fraction of sp³-hybridized carbons (Fsp3) is 0.0455. The number of aromatic amines is 1. The van der Waals surface area contributed by atoms with Crippen molar-refractivity contribution in [2.45, 2.75) is 6.18 Å². The number of nitrogens with zero attached hydrogens (tertiary/aromatic N) is 5. The van der Waals surface area contributed by atoms with Crippen molar-refractivity contribution in [1.82, 2.24) is 29.8 Å². The molecule has 9 nitrogen and oxygen atoms in total. The first-order valence-corrected chi connectivity index (χ1v) is 10.4. The van der Waals surface area contributed by atoms with E-state index in [1.54, 1.807) is 0 Å². The lowest BCUT2D eigenvalue weighted by atomic mass is 10.1. The Morgan fingerprint density at radius 1 is 1.00 bits per heavy atom. The maximum absolute atomic E-state index is 14.1. The number of pyridine rings is 1. The highest BCUT2D eigenvalue weighted by Gasteiger charge is 2.41. The Morgan fingerprint density at radius 2 is 1.77 bits per heavy atom. The van der Waals surface area contributed by atoms with Crippen molar-refractivity contribution in [1.29, 1.82) is 0 Å². The summed E-state index contributed by atoms with van der Waals surface area (Å²) in [7, 11) is 0. The molecule has 3 heterocycles. The van der Waals surface area contributed by atoms with E-state index in [-0.39, 0.29) is 27.2 Å². The molecule has 2 aromatic carbocycles. The minimum absolute atomic E-state index is 0.000838. The Morgan fingerprint density at radius 3 is 2.49 bits per heavy atom. The van der Waals surface area contributed by atoms with Crippen LogP contribution >= 0.6 is 11.6 Å². The Bertz CT molecular complexity index is 1620. The SMILES string of the molecule is O=C(Nc1ccc(-n2nccn2)c(Cl)c1)c1cnn(-c2cccc3c(=O)[nH]ccc23)c1C(F)(F)F. The first kappa shape index (κ1) is 22.3. The highest BCUT2D eigenvalue weighted by molar-refractivity contribution is 6.32. The van der Waals surface area contributed by atoms with Gasteiger partial charge in [-0.15, -0.1) is 0 Å². The van der Waals surface area contributed by atoms with Gasteiger partial charge in [-0.05, 0) is 36.4 Å². The Kier molecular flexibility index (Phi) is 5.36. The third-order valence-electron chi connectivity index (χ3n) is 5.14. The van der Waals surface area contributed by atoms with Crippen molar-refractivity contribution in [3.8, 4) is 11.4 Å². The van der Waals surface area contributed by atoms with Crippen LogP contribution in [0.1, 0.15) is 16.1 Å². The number of anilines is 1. The maximum atomic E-state index is 14.1. The summed E-state index contributed by atoms with van der Waals surface area (Å²) in [5.74, 6) is -1.04. The molecule has 0 aliphatic heterocycles. The minimum atomic E-state index is -4.93. The van der Waals surface area contributed by atoms with Gasteiger partial charge in [-0.3, -0.25) is 9.59 Å². The lowest BCUT2D eigenvalue weighted by Crippen LogP contribution is -2.21. The second-order valence-electron chi connectivity index (χ2n) is 7.30. The molecule has 1 amide bonds. The van der Waals surface area contributed by atoms with Crippen molar-refractivity contribution >= 4 is 34.0 Å². The molecular weight excluding hydrogens is 487 g/mol. The summed E-state index contributed by atoms with van der Waals surface area (Å²) in [5, 5.41) is 14.8. The van der Waals surface area contributed by atoms with E-state index in [1.807, 2.05) is 0 Å². The second kappa shape index (κ2) is 8.40. The minimum Gasteiger partial charge on any atom is -0.329 e. The Labute approximate surface area is 198 Å². The predicted octanol–water partition coefficient (Wildman–Crippen LogP) is 4.22. The normalized spacial score (nSPS) is 11.7. The molecule has 5 rings (SSSR count). The van der Waals surface area contributed by atoms with Crippen molar-refractivity contribution in [2.75, 3.05) is 5.32 Å². The van der Waals surface area contributed by atoms with Crippen LogP contribution in [0.5, 0.6) is 0 Å². The number of H-pyrrole nitrogens is 1. The van der Waals surface area contributed by atoms with Crippen LogP contribution in [0.2, 0.25) is 5.02 Å². The molecule has 3 aromatic heterocycles. The van der Waals surface area contributed by atoms with Crippen LogP contribution in [0.15, 0.2) is 72.0 Å². The van der Waals surface area contributed by atoms with Crippen LogP contribution < -0.4 is 10.9 Å². The van der Waals surface area contributed by atoms with Crippen molar-refractivity contribution in [2.24, 2.45) is 0 Å². The summed E-state index contributed by atoms with van der Waals surface area (Å²) < 4.78 is 43.0. The standard InChI is InChI=1S/C22H13ClF3N7O2/c23-16-10-12(4-5-18(16)33-28-8-9-29-33)31-21(35)15-11-30-32(19(15)22(24,25)26)17-3-1-2-14-13(17)6-7-27-20(14)34/h1-11H,(H,27,34)(H,31,35). The molecule has 35 heavy (non-hydrogen) atoms. The zero-order valence-electron chi connectivity index (χ0n) is 17.4. The number of halogens is 4. The number of hydrogen-bond acceptors (Lipinski definition) is 5. The average molecular weight is 500 g/mol. The first-order chi connectivity index (χ1) is 16.7. The third kappa shape index (κ3) is 4.04. The molecule has 0 aliphatic rings. The molecule has 5 aromatic rings. The lowest BCUT2D eigenvalue weighted by molar-refractivity contribution is -0.143. The van der Waals surface area contributed by atoms with Crippen LogP contribution in [-0.2, 0) is 6.18 Å². The molecule has 0 saturated heterocycles. The van der Waals surface area contributed by atoms with E-state index in [4.69, 9.17) is 11.6 Å². The molecular formula is C22H13ClF3N7O2. The van der Waals surface area contributed by atoms with Gasteiger partial charge in [0.25, 0.3) is 11.5 Å². The van der Waals surface area contributed by atoms with E-state index in [9.17, 15) is 22.8 Å². The number of rotatable bonds is 4. The Balaban J connectivity index is 1.55. The zero-order valence-corrected chi connectivity index (χ0v) is 18.2. The number of benzene rings is 2. The lowest BCUT2D eigenvalue weighted by Gasteiger charge is -2.14. The smallest absolute Gasteiger partial charge is 0.329 e. The van der Waals surface area contributed by atoms with Crippen LogP contribution in [0.25, 0.3) is 22.1 Å². The van der Waals surface area contributed by atoms with E-state index < -0.39 is 28.9 Å². The van der Waals surface area contributed by atoms with Crippen molar-refractivity contribution < 1.29 is 18.0 Å². The summed E-state index contributed by atoms with van der Waals surface area (Å²) >= 11 is 6.23. The van der Waals surface area contributed by atoms with Crippen molar-refractivity contribution in [3.63, 3.8) is 0 Å². The molecule has 0 saturated carbocycles. The number of alkyl halides is 3. The summed E-state index contributed by atoms with van der Waals surface area (Å²) in [6, 6.07) is 10.1. The highest BCUT2D eigenvalue weighted by Crippen LogP contribution is 2.35. The van der Waals surface area contributed by atoms with Gasteiger partial charge in [-0.1, -0.05) is 17.7 Å². The third-order valence-corrected chi connectivity index (χ3v) is 5.45. The molecule has 0 aliphatic carbocycles. The van der Waals surface area contributed by atoms with Crippen LogP contribution in [0.4, 0.5) is 18.9 Å². The fourth-order valence-corrected chi connectivity index (χ4v) is 3.90.